The Morgan fingerprint density at radius 3 is 2.31 bits per heavy atom. The van der Waals surface area contributed by atoms with Gasteiger partial charge in [-0.15, -0.1) is 0 Å². The van der Waals surface area contributed by atoms with E-state index in [4.69, 9.17) is 0 Å². The number of hydrogen-bond donors (Lipinski definition) is 0. The average Bonchev–Trinajstić information content (AvgIpc) is 2.71. The van der Waals surface area contributed by atoms with Crippen LogP contribution >= 0.6 is 0 Å². The van der Waals surface area contributed by atoms with Crippen molar-refractivity contribution in [3.8, 4) is 5.82 Å². The van der Waals surface area contributed by atoms with E-state index in [-0.39, 0.29) is 36.2 Å². The van der Waals surface area contributed by atoms with Crippen LogP contribution in [0.5, 0.6) is 0 Å². The summed E-state index contributed by atoms with van der Waals surface area (Å²) in [4.78, 5) is 0. The van der Waals surface area contributed by atoms with Gasteiger partial charge in [0.15, 0.2) is 5.82 Å². The molecule has 0 aromatic carbocycles. The fraction of sp³-hybridized carbons (Fsp3) is 0.400. The van der Waals surface area contributed by atoms with Gasteiger partial charge in [0.25, 0.3) is 0 Å². The Morgan fingerprint density at radius 2 is 1.88 bits per heavy atom. The molecular weight excluding hydrogens is 215 g/mol. The third-order valence-electron chi connectivity index (χ3n) is 2.40. The van der Waals surface area contributed by atoms with Gasteiger partial charge in [0.2, 0.25) is 0 Å². The molecule has 0 atom stereocenters. The second-order valence-corrected chi connectivity index (χ2v) is 3.60. The summed E-state index contributed by atoms with van der Waals surface area (Å²) in [5.74, 6) is 0.757. The number of nitrogens with zero attached hydrogens (tertiary/aromatic N) is 4. The van der Waals surface area contributed by atoms with Gasteiger partial charge < -0.3 is 5.11 Å². The van der Waals surface area contributed by atoms with E-state index in [9.17, 15) is 5.11 Å². The molecule has 0 unspecified atom stereocenters. The summed E-state index contributed by atoms with van der Waals surface area (Å²) in [6, 6.07) is 3.73. The van der Waals surface area contributed by atoms with Gasteiger partial charge in [-0.1, -0.05) is 6.61 Å². The van der Waals surface area contributed by atoms with Crippen LogP contribution in [0.4, 0.5) is 0 Å². The second kappa shape index (κ2) is 5.14. The molecule has 2 rings (SSSR count). The zero-order valence-electron chi connectivity index (χ0n) is 10.1. The Balaban J connectivity index is 0.00000128. The minimum atomic E-state index is -0.292. The van der Waals surface area contributed by atoms with Crippen molar-refractivity contribution < 1.29 is 34.7 Å². The molecule has 5 nitrogen and oxygen atoms in total. The Morgan fingerprint density at radius 1 is 1.19 bits per heavy atom. The monoisotopic (exact) mass is 228 g/mol. The van der Waals surface area contributed by atoms with Crippen LogP contribution in [0.3, 0.4) is 0 Å². The van der Waals surface area contributed by atoms with Crippen LogP contribution in [0.2, 0.25) is 0 Å². The van der Waals surface area contributed by atoms with Gasteiger partial charge >= 0.3 is 29.6 Å². The molecule has 0 spiro atoms. The second-order valence-electron chi connectivity index (χ2n) is 3.60. The third kappa shape index (κ3) is 2.38. The summed E-state index contributed by atoms with van der Waals surface area (Å²) in [6.45, 7) is 3.60. The Kier molecular flexibility index (Phi) is 4.32. The SMILES string of the molecule is Cc1cc(-n2nc(C[O-])cc2C)nn1C.[Na+]. The van der Waals surface area contributed by atoms with Crippen LogP contribution in [0, 0.1) is 13.8 Å². The van der Waals surface area contributed by atoms with E-state index in [2.05, 4.69) is 10.2 Å². The normalized spacial score (nSPS) is 10.2. The summed E-state index contributed by atoms with van der Waals surface area (Å²) in [5, 5.41) is 19.2. The van der Waals surface area contributed by atoms with Crippen molar-refractivity contribution in [2.45, 2.75) is 20.5 Å². The molecule has 0 aliphatic rings. The predicted octanol–water partition coefficient (Wildman–Crippen LogP) is -2.91. The number of aromatic nitrogens is 4. The Labute approximate surface area is 116 Å². The van der Waals surface area contributed by atoms with Crippen molar-refractivity contribution in [3.63, 3.8) is 0 Å². The van der Waals surface area contributed by atoms with E-state index in [1.54, 1.807) is 15.4 Å². The maximum atomic E-state index is 10.7. The first-order valence-corrected chi connectivity index (χ1v) is 4.76. The van der Waals surface area contributed by atoms with E-state index in [1.807, 2.05) is 27.0 Å². The standard InChI is InChI=1S/C10H13N4O.Na/c1-7-5-10(12-13(7)3)14-8(2)4-9(6-15)11-14;/h4-5H,6H2,1-3H3;/q-1;+1. The van der Waals surface area contributed by atoms with Crippen molar-refractivity contribution >= 4 is 0 Å². The molecule has 0 aliphatic heterocycles. The number of hydrogen-bond acceptors (Lipinski definition) is 3. The first-order chi connectivity index (χ1) is 7.11. The van der Waals surface area contributed by atoms with Crippen molar-refractivity contribution in [1.82, 2.24) is 19.6 Å². The zero-order chi connectivity index (χ0) is 11.0. The Bertz CT molecular complexity index is 469. The molecule has 6 heteroatoms. The molecular formula is C10H13N4NaO. The van der Waals surface area contributed by atoms with E-state index < -0.39 is 0 Å². The van der Waals surface area contributed by atoms with E-state index >= 15 is 0 Å². The van der Waals surface area contributed by atoms with Crippen LogP contribution in [0.1, 0.15) is 17.1 Å². The quantitative estimate of drug-likeness (QED) is 0.518. The fourth-order valence-corrected chi connectivity index (χ4v) is 1.49. The van der Waals surface area contributed by atoms with Crippen LogP contribution in [0.25, 0.3) is 5.82 Å². The summed E-state index contributed by atoms with van der Waals surface area (Å²) in [7, 11) is 1.88. The molecule has 0 aliphatic carbocycles. The average molecular weight is 228 g/mol. The fourth-order valence-electron chi connectivity index (χ4n) is 1.49. The van der Waals surface area contributed by atoms with E-state index in [0.717, 1.165) is 17.2 Å². The van der Waals surface area contributed by atoms with Crippen molar-refractivity contribution in [2.75, 3.05) is 0 Å². The van der Waals surface area contributed by atoms with Gasteiger partial charge in [-0.3, -0.25) is 4.68 Å². The molecule has 2 heterocycles. The van der Waals surface area contributed by atoms with Crippen LogP contribution in [0.15, 0.2) is 12.1 Å². The maximum Gasteiger partial charge on any atom is 1.00 e. The molecule has 80 valence electrons. The maximum absolute atomic E-state index is 10.7. The number of aryl methyl sites for hydroxylation is 3. The summed E-state index contributed by atoms with van der Waals surface area (Å²) >= 11 is 0. The van der Waals surface area contributed by atoms with Crippen LogP contribution in [-0.4, -0.2) is 19.6 Å². The molecule has 0 saturated heterocycles. The van der Waals surface area contributed by atoms with E-state index in [0.29, 0.717) is 5.69 Å². The van der Waals surface area contributed by atoms with Crippen molar-refractivity contribution in [1.29, 1.82) is 0 Å². The minimum absolute atomic E-state index is 0. The summed E-state index contributed by atoms with van der Waals surface area (Å²) in [6.07, 6.45) is 0. The molecule has 0 N–H and O–H groups in total. The molecule has 16 heavy (non-hydrogen) atoms. The van der Waals surface area contributed by atoms with Gasteiger partial charge in [0.1, 0.15) is 0 Å². The van der Waals surface area contributed by atoms with Gasteiger partial charge in [0.05, 0.1) is 0 Å². The van der Waals surface area contributed by atoms with Gasteiger partial charge in [-0.05, 0) is 19.9 Å². The largest absolute Gasteiger partial charge is 1.00 e. The van der Waals surface area contributed by atoms with E-state index in [1.165, 1.54) is 0 Å². The molecule has 2 aromatic heterocycles. The molecule has 0 amide bonds. The topological polar surface area (TPSA) is 58.7 Å². The third-order valence-corrected chi connectivity index (χ3v) is 2.40. The molecule has 0 saturated carbocycles. The van der Waals surface area contributed by atoms with Gasteiger partial charge in [-0.2, -0.15) is 10.2 Å². The van der Waals surface area contributed by atoms with Crippen molar-refractivity contribution in [3.05, 3.63) is 29.2 Å². The van der Waals surface area contributed by atoms with Crippen molar-refractivity contribution in [2.24, 2.45) is 7.05 Å². The Hall–Kier alpha value is -0.620. The minimum Gasteiger partial charge on any atom is -0.850 e. The van der Waals surface area contributed by atoms with Gasteiger partial charge in [0, 0.05) is 30.2 Å². The summed E-state index contributed by atoms with van der Waals surface area (Å²) in [5.41, 5.74) is 2.54. The predicted molar refractivity (Wildman–Crippen MR) is 53.5 cm³/mol. The smallest absolute Gasteiger partial charge is 0.850 e. The summed E-state index contributed by atoms with van der Waals surface area (Å²) < 4.78 is 3.48. The first-order valence-electron chi connectivity index (χ1n) is 4.76. The first kappa shape index (κ1) is 13.4. The van der Waals surface area contributed by atoms with Gasteiger partial charge in [-0.25, -0.2) is 4.68 Å². The molecule has 2 aromatic rings. The molecule has 0 radical (unpaired) electrons. The zero-order valence-corrected chi connectivity index (χ0v) is 12.1. The van der Waals surface area contributed by atoms with Crippen LogP contribution < -0.4 is 34.7 Å². The molecule has 0 fully saturated rings. The molecule has 0 bridgehead atoms. The van der Waals surface area contributed by atoms with Crippen LogP contribution in [-0.2, 0) is 13.7 Å². The number of rotatable bonds is 2.